The van der Waals surface area contributed by atoms with E-state index in [9.17, 15) is 4.79 Å². The minimum atomic E-state index is 0.0264. The molecule has 1 fully saturated rings. The molecular formula is C14H16ClNO. The maximum atomic E-state index is 11.9. The number of carbonyl (C=O) groups is 1. The molecule has 90 valence electrons. The Labute approximate surface area is 107 Å². The molecule has 0 atom stereocenters. The number of likely N-dealkylation sites (tertiary alicyclic amines) is 1. The van der Waals surface area contributed by atoms with Gasteiger partial charge in [-0.2, -0.15) is 0 Å². The molecule has 2 rings (SSSR count). The molecule has 1 heterocycles. The fraction of sp³-hybridized carbons (Fsp3) is 0.357. The molecule has 1 aliphatic rings. The number of nitrogens with zero attached hydrogens (tertiary/aromatic N) is 1. The lowest BCUT2D eigenvalue weighted by molar-refractivity contribution is -0.126. The van der Waals surface area contributed by atoms with Gasteiger partial charge in [0.05, 0.1) is 5.03 Å². The molecule has 0 saturated carbocycles. The van der Waals surface area contributed by atoms with Gasteiger partial charge in [0, 0.05) is 19.2 Å². The van der Waals surface area contributed by atoms with Crippen LogP contribution in [0.2, 0.25) is 0 Å². The Hall–Kier alpha value is -1.28. The summed E-state index contributed by atoms with van der Waals surface area (Å²) in [5.74, 6) is 0.0264. The van der Waals surface area contributed by atoms with Gasteiger partial charge < -0.3 is 4.90 Å². The van der Waals surface area contributed by atoms with E-state index in [4.69, 9.17) is 11.6 Å². The standard InChI is InChI=1S/C14H16ClNO/c15-13(12-7-3-1-4-8-12)11-14(17)16-9-5-2-6-10-16/h1,3-4,7-8,11H,2,5-6,9-10H2/b13-11-. The van der Waals surface area contributed by atoms with E-state index in [2.05, 4.69) is 0 Å². The summed E-state index contributed by atoms with van der Waals surface area (Å²) in [5.41, 5.74) is 0.888. The smallest absolute Gasteiger partial charge is 0.248 e. The maximum absolute atomic E-state index is 11.9. The minimum absolute atomic E-state index is 0.0264. The number of halogens is 1. The molecule has 0 aromatic heterocycles. The van der Waals surface area contributed by atoms with E-state index in [1.807, 2.05) is 35.2 Å². The molecule has 1 amide bonds. The normalized spacial score (nSPS) is 17.0. The molecule has 1 aromatic rings. The predicted octanol–water partition coefficient (Wildman–Crippen LogP) is 3.28. The topological polar surface area (TPSA) is 20.3 Å². The van der Waals surface area contributed by atoms with Crippen LogP contribution in [-0.2, 0) is 4.79 Å². The Kier molecular flexibility index (Phi) is 4.21. The van der Waals surface area contributed by atoms with Crippen LogP contribution in [0.3, 0.4) is 0 Å². The highest BCUT2D eigenvalue weighted by molar-refractivity contribution is 6.50. The van der Waals surface area contributed by atoms with Crippen molar-refractivity contribution in [1.29, 1.82) is 0 Å². The van der Waals surface area contributed by atoms with Gasteiger partial charge in [0.25, 0.3) is 0 Å². The zero-order valence-electron chi connectivity index (χ0n) is 9.73. The number of piperidine rings is 1. The lowest BCUT2D eigenvalue weighted by Gasteiger charge is -2.25. The van der Waals surface area contributed by atoms with Crippen LogP contribution in [0.5, 0.6) is 0 Å². The third kappa shape index (κ3) is 3.34. The van der Waals surface area contributed by atoms with Crippen LogP contribution in [0.25, 0.3) is 5.03 Å². The Balaban J connectivity index is 2.05. The fourth-order valence-electron chi connectivity index (χ4n) is 1.99. The molecule has 2 nitrogen and oxygen atoms in total. The molecule has 3 heteroatoms. The Bertz CT molecular complexity index is 407. The first-order valence-electron chi connectivity index (χ1n) is 5.99. The van der Waals surface area contributed by atoms with Gasteiger partial charge in [-0.15, -0.1) is 0 Å². The van der Waals surface area contributed by atoms with Crippen molar-refractivity contribution in [3.63, 3.8) is 0 Å². The average molecular weight is 250 g/mol. The largest absolute Gasteiger partial charge is 0.339 e. The third-order valence-electron chi connectivity index (χ3n) is 2.97. The highest BCUT2D eigenvalue weighted by Crippen LogP contribution is 2.19. The van der Waals surface area contributed by atoms with E-state index in [1.165, 1.54) is 12.5 Å². The van der Waals surface area contributed by atoms with E-state index in [1.54, 1.807) is 0 Å². The Morgan fingerprint density at radius 1 is 1.12 bits per heavy atom. The van der Waals surface area contributed by atoms with Crippen LogP contribution in [0.1, 0.15) is 24.8 Å². The summed E-state index contributed by atoms with van der Waals surface area (Å²) in [6, 6.07) is 9.57. The van der Waals surface area contributed by atoms with Crippen molar-refractivity contribution in [3.05, 3.63) is 42.0 Å². The van der Waals surface area contributed by atoms with E-state index >= 15 is 0 Å². The maximum Gasteiger partial charge on any atom is 0.248 e. The molecule has 1 aliphatic heterocycles. The number of carbonyl (C=O) groups excluding carboxylic acids is 1. The SMILES string of the molecule is O=C(/C=C(\Cl)c1ccccc1)N1CCCCC1. The van der Waals surface area contributed by atoms with Crippen LogP contribution in [-0.4, -0.2) is 23.9 Å². The Morgan fingerprint density at radius 3 is 2.41 bits per heavy atom. The monoisotopic (exact) mass is 249 g/mol. The summed E-state index contributed by atoms with van der Waals surface area (Å²) in [5, 5.41) is 0.515. The molecule has 0 N–H and O–H groups in total. The number of hydrogen-bond acceptors (Lipinski definition) is 1. The van der Waals surface area contributed by atoms with Crippen LogP contribution < -0.4 is 0 Å². The molecule has 0 radical (unpaired) electrons. The van der Waals surface area contributed by atoms with Crippen molar-refractivity contribution in [2.75, 3.05) is 13.1 Å². The van der Waals surface area contributed by atoms with Crippen molar-refractivity contribution in [2.45, 2.75) is 19.3 Å². The van der Waals surface area contributed by atoms with Gasteiger partial charge in [0.15, 0.2) is 0 Å². The van der Waals surface area contributed by atoms with Gasteiger partial charge in [0.2, 0.25) is 5.91 Å². The summed E-state index contributed by atoms with van der Waals surface area (Å²) in [7, 11) is 0. The Morgan fingerprint density at radius 2 is 1.76 bits per heavy atom. The number of rotatable bonds is 2. The van der Waals surface area contributed by atoms with E-state index in [0.717, 1.165) is 31.5 Å². The van der Waals surface area contributed by atoms with Crippen molar-refractivity contribution in [3.8, 4) is 0 Å². The summed E-state index contributed by atoms with van der Waals surface area (Å²) < 4.78 is 0. The van der Waals surface area contributed by atoms with Crippen molar-refractivity contribution < 1.29 is 4.79 Å². The first kappa shape index (κ1) is 12.2. The van der Waals surface area contributed by atoms with E-state index < -0.39 is 0 Å². The summed E-state index contributed by atoms with van der Waals surface area (Å²) >= 11 is 6.13. The zero-order chi connectivity index (χ0) is 12.1. The van der Waals surface area contributed by atoms with Crippen molar-refractivity contribution >= 4 is 22.5 Å². The first-order valence-corrected chi connectivity index (χ1v) is 6.37. The number of benzene rings is 1. The lowest BCUT2D eigenvalue weighted by Crippen LogP contribution is -2.34. The molecule has 0 unspecified atom stereocenters. The summed E-state index contributed by atoms with van der Waals surface area (Å²) in [4.78, 5) is 13.8. The molecule has 1 saturated heterocycles. The van der Waals surface area contributed by atoms with Crippen molar-refractivity contribution in [2.24, 2.45) is 0 Å². The second-order valence-electron chi connectivity index (χ2n) is 4.24. The van der Waals surface area contributed by atoms with Gasteiger partial charge in [-0.1, -0.05) is 41.9 Å². The third-order valence-corrected chi connectivity index (χ3v) is 3.29. The van der Waals surface area contributed by atoms with Crippen molar-refractivity contribution in [1.82, 2.24) is 4.90 Å². The molecule has 0 spiro atoms. The highest BCUT2D eigenvalue weighted by Gasteiger charge is 2.14. The fourth-order valence-corrected chi connectivity index (χ4v) is 2.21. The van der Waals surface area contributed by atoms with E-state index in [0.29, 0.717) is 5.03 Å². The number of amides is 1. The van der Waals surface area contributed by atoms with E-state index in [-0.39, 0.29) is 5.91 Å². The molecule has 0 bridgehead atoms. The summed E-state index contributed by atoms with van der Waals surface area (Å²) in [6.07, 6.45) is 4.95. The van der Waals surface area contributed by atoms with Crippen LogP contribution >= 0.6 is 11.6 Å². The minimum Gasteiger partial charge on any atom is -0.339 e. The van der Waals surface area contributed by atoms with Gasteiger partial charge in [-0.3, -0.25) is 4.79 Å². The lowest BCUT2D eigenvalue weighted by atomic mass is 10.1. The van der Waals surface area contributed by atoms with Crippen LogP contribution in [0.15, 0.2) is 36.4 Å². The number of hydrogen-bond donors (Lipinski definition) is 0. The van der Waals surface area contributed by atoms with Gasteiger partial charge in [-0.05, 0) is 24.8 Å². The molecular weight excluding hydrogens is 234 g/mol. The van der Waals surface area contributed by atoms with Crippen LogP contribution in [0, 0.1) is 0 Å². The highest BCUT2D eigenvalue weighted by atomic mass is 35.5. The average Bonchev–Trinajstić information content (AvgIpc) is 2.40. The molecule has 17 heavy (non-hydrogen) atoms. The van der Waals surface area contributed by atoms with Gasteiger partial charge >= 0.3 is 0 Å². The first-order chi connectivity index (χ1) is 8.27. The second kappa shape index (κ2) is 5.87. The second-order valence-corrected chi connectivity index (χ2v) is 4.65. The van der Waals surface area contributed by atoms with Gasteiger partial charge in [-0.25, -0.2) is 0 Å². The zero-order valence-corrected chi connectivity index (χ0v) is 10.5. The summed E-state index contributed by atoms with van der Waals surface area (Å²) in [6.45, 7) is 1.71. The quantitative estimate of drug-likeness (QED) is 0.737. The van der Waals surface area contributed by atoms with Gasteiger partial charge in [0.1, 0.15) is 0 Å². The predicted molar refractivity (Wildman–Crippen MR) is 70.7 cm³/mol. The van der Waals surface area contributed by atoms with Crippen LogP contribution in [0.4, 0.5) is 0 Å². The molecule has 0 aliphatic carbocycles. The molecule has 1 aromatic carbocycles.